The van der Waals surface area contributed by atoms with Crippen LogP contribution in [0.4, 0.5) is 0 Å². The third-order valence-electron chi connectivity index (χ3n) is 5.02. The monoisotopic (exact) mass is 484 g/mol. The Morgan fingerprint density at radius 2 is 1.68 bits per heavy atom. The smallest absolute Gasteiger partial charge is 0.309 e. The summed E-state index contributed by atoms with van der Waals surface area (Å²) in [5, 5.41) is 3.65. The molecular weight excluding hydrogens is 463 g/mol. The molecule has 1 heterocycles. The Morgan fingerprint density at radius 1 is 1.03 bits per heavy atom. The second kappa shape index (κ2) is 10.5. The van der Waals surface area contributed by atoms with Crippen molar-refractivity contribution in [1.29, 1.82) is 0 Å². The van der Waals surface area contributed by atoms with Gasteiger partial charge in [0.2, 0.25) is 10.0 Å². The van der Waals surface area contributed by atoms with Crippen LogP contribution in [0.3, 0.4) is 0 Å². The van der Waals surface area contributed by atoms with Gasteiger partial charge in [-0.15, -0.1) is 0 Å². The molecule has 3 rings (SSSR count). The van der Waals surface area contributed by atoms with Gasteiger partial charge >= 0.3 is 5.97 Å². The molecular formula is C21H22Cl2N2O5S. The zero-order valence-electron chi connectivity index (χ0n) is 16.6. The first-order chi connectivity index (χ1) is 14.8. The molecule has 1 N–H and O–H groups in total. The first kappa shape index (κ1) is 23.5. The number of nitrogens with zero attached hydrogens (tertiary/aromatic N) is 1. The van der Waals surface area contributed by atoms with Crippen molar-refractivity contribution in [3.05, 3.63) is 64.1 Å². The molecule has 0 saturated carbocycles. The van der Waals surface area contributed by atoms with Gasteiger partial charge in [0, 0.05) is 29.7 Å². The molecule has 31 heavy (non-hydrogen) atoms. The van der Waals surface area contributed by atoms with Gasteiger partial charge in [0.15, 0.2) is 6.61 Å². The van der Waals surface area contributed by atoms with Gasteiger partial charge in [-0.1, -0.05) is 41.4 Å². The number of rotatable bonds is 7. The van der Waals surface area contributed by atoms with E-state index in [1.54, 1.807) is 18.2 Å². The SMILES string of the molecule is O=C(COC(=O)C1CCN(S(=O)(=O)c2ccc(Cl)cc2)CC1)NCc1ccccc1Cl. The van der Waals surface area contributed by atoms with E-state index in [0.717, 1.165) is 5.56 Å². The number of amides is 1. The van der Waals surface area contributed by atoms with Gasteiger partial charge in [0.1, 0.15) is 0 Å². The highest BCUT2D eigenvalue weighted by molar-refractivity contribution is 7.89. The minimum Gasteiger partial charge on any atom is -0.455 e. The number of esters is 1. The first-order valence-corrected chi connectivity index (χ1v) is 11.9. The Labute approximate surface area is 191 Å². The largest absolute Gasteiger partial charge is 0.455 e. The Hall–Kier alpha value is -2.13. The maximum Gasteiger partial charge on any atom is 0.309 e. The molecule has 1 amide bonds. The molecule has 1 fully saturated rings. The number of hydrogen-bond acceptors (Lipinski definition) is 5. The number of carbonyl (C=O) groups is 2. The van der Waals surface area contributed by atoms with Crippen molar-refractivity contribution >= 4 is 45.1 Å². The lowest BCUT2D eigenvalue weighted by Gasteiger charge is -2.30. The number of nitrogens with one attached hydrogen (secondary N) is 1. The van der Waals surface area contributed by atoms with Gasteiger partial charge in [0.05, 0.1) is 10.8 Å². The third kappa shape index (κ3) is 6.20. The van der Waals surface area contributed by atoms with Crippen LogP contribution < -0.4 is 5.32 Å². The van der Waals surface area contributed by atoms with Crippen LogP contribution in [0.2, 0.25) is 10.0 Å². The van der Waals surface area contributed by atoms with Crippen molar-refractivity contribution in [2.24, 2.45) is 5.92 Å². The summed E-state index contributed by atoms with van der Waals surface area (Å²) in [7, 11) is -3.64. The van der Waals surface area contributed by atoms with Crippen LogP contribution in [0.25, 0.3) is 0 Å². The number of hydrogen-bond donors (Lipinski definition) is 1. The molecule has 2 aromatic rings. The average Bonchev–Trinajstić information content (AvgIpc) is 2.77. The van der Waals surface area contributed by atoms with Crippen molar-refractivity contribution in [3.63, 3.8) is 0 Å². The van der Waals surface area contributed by atoms with E-state index < -0.39 is 34.4 Å². The summed E-state index contributed by atoms with van der Waals surface area (Å²) in [5.41, 5.74) is 0.762. The summed E-state index contributed by atoms with van der Waals surface area (Å²) in [6.45, 7) is 0.233. The fourth-order valence-corrected chi connectivity index (χ4v) is 5.03. The minimum atomic E-state index is -3.64. The van der Waals surface area contributed by atoms with Gasteiger partial charge in [-0.2, -0.15) is 4.31 Å². The fraction of sp³-hybridized carbons (Fsp3) is 0.333. The zero-order chi connectivity index (χ0) is 22.4. The van der Waals surface area contributed by atoms with Gasteiger partial charge in [-0.05, 0) is 48.7 Å². The first-order valence-electron chi connectivity index (χ1n) is 9.70. The van der Waals surface area contributed by atoms with E-state index in [0.29, 0.717) is 22.9 Å². The number of piperidine rings is 1. The zero-order valence-corrected chi connectivity index (χ0v) is 18.9. The molecule has 0 aromatic heterocycles. The Balaban J connectivity index is 1.44. The van der Waals surface area contributed by atoms with Gasteiger partial charge in [-0.25, -0.2) is 8.42 Å². The molecule has 1 aliphatic rings. The second-order valence-electron chi connectivity index (χ2n) is 7.11. The number of halogens is 2. The van der Waals surface area contributed by atoms with E-state index in [1.165, 1.54) is 28.6 Å². The quantitative estimate of drug-likeness (QED) is 0.608. The molecule has 0 spiro atoms. The van der Waals surface area contributed by atoms with Crippen LogP contribution in [-0.2, 0) is 30.9 Å². The van der Waals surface area contributed by atoms with Crippen LogP contribution in [0.1, 0.15) is 18.4 Å². The maximum absolute atomic E-state index is 12.7. The van der Waals surface area contributed by atoms with Crippen molar-refractivity contribution in [2.45, 2.75) is 24.3 Å². The van der Waals surface area contributed by atoms with Crippen LogP contribution in [0, 0.1) is 5.92 Å². The summed E-state index contributed by atoms with van der Waals surface area (Å²) >= 11 is 11.9. The highest BCUT2D eigenvalue weighted by Gasteiger charge is 2.33. The number of carbonyl (C=O) groups excluding carboxylic acids is 2. The Kier molecular flexibility index (Phi) is 7.94. The predicted molar refractivity (Wildman–Crippen MR) is 117 cm³/mol. The molecule has 10 heteroatoms. The number of sulfonamides is 1. The molecule has 1 aliphatic heterocycles. The summed E-state index contributed by atoms with van der Waals surface area (Å²) in [6, 6.07) is 13.1. The standard InChI is InChI=1S/C21H22Cl2N2O5S/c22-17-5-7-18(8-6-17)31(28,29)25-11-9-15(10-12-25)21(27)30-14-20(26)24-13-16-3-1-2-4-19(16)23/h1-8,15H,9-14H2,(H,24,26). The van der Waals surface area contributed by atoms with Crippen LogP contribution in [0.5, 0.6) is 0 Å². The van der Waals surface area contributed by atoms with E-state index in [4.69, 9.17) is 27.9 Å². The molecule has 0 unspecified atom stereocenters. The molecule has 2 aromatic carbocycles. The molecule has 1 saturated heterocycles. The summed E-state index contributed by atoms with van der Waals surface area (Å²) in [5.74, 6) is -1.39. The maximum atomic E-state index is 12.7. The fourth-order valence-electron chi connectivity index (χ4n) is 3.23. The van der Waals surface area contributed by atoms with Crippen LogP contribution in [-0.4, -0.2) is 44.3 Å². The lowest BCUT2D eigenvalue weighted by atomic mass is 9.98. The highest BCUT2D eigenvalue weighted by atomic mass is 35.5. The molecule has 0 aliphatic carbocycles. The van der Waals surface area contributed by atoms with Gasteiger partial charge in [-0.3, -0.25) is 9.59 Å². The Bertz CT molecular complexity index is 1040. The van der Waals surface area contributed by atoms with Crippen LogP contribution in [0.15, 0.2) is 53.4 Å². The normalized spacial score (nSPS) is 15.4. The molecule has 7 nitrogen and oxygen atoms in total. The van der Waals surface area contributed by atoms with E-state index in [1.807, 2.05) is 6.07 Å². The topological polar surface area (TPSA) is 92.8 Å². The minimum absolute atomic E-state index is 0.160. The second-order valence-corrected chi connectivity index (χ2v) is 9.89. The molecule has 0 radical (unpaired) electrons. The van der Waals surface area contributed by atoms with Gasteiger partial charge < -0.3 is 10.1 Å². The molecule has 166 valence electrons. The Morgan fingerprint density at radius 3 is 2.32 bits per heavy atom. The number of ether oxygens (including phenoxy) is 1. The van der Waals surface area contributed by atoms with Crippen LogP contribution >= 0.6 is 23.2 Å². The van der Waals surface area contributed by atoms with E-state index in [9.17, 15) is 18.0 Å². The summed E-state index contributed by atoms with van der Waals surface area (Å²) < 4.78 is 31.9. The van der Waals surface area contributed by atoms with E-state index in [-0.39, 0.29) is 24.5 Å². The van der Waals surface area contributed by atoms with E-state index >= 15 is 0 Å². The lowest BCUT2D eigenvalue weighted by molar-refractivity contribution is -0.153. The molecule has 0 bridgehead atoms. The molecule has 0 atom stereocenters. The van der Waals surface area contributed by atoms with Gasteiger partial charge in [0.25, 0.3) is 5.91 Å². The number of benzene rings is 2. The van der Waals surface area contributed by atoms with Crippen molar-refractivity contribution < 1.29 is 22.7 Å². The summed E-state index contributed by atoms with van der Waals surface area (Å²) in [4.78, 5) is 24.4. The van der Waals surface area contributed by atoms with E-state index in [2.05, 4.69) is 5.32 Å². The predicted octanol–water partition coefficient (Wildman–Crippen LogP) is 3.25. The average molecular weight is 485 g/mol. The van der Waals surface area contributed by atoms with Crippen molar-refractivity contribution in [2.75, 3.05) is 19.7 Å². The summed E-state index contributed by atoms with van der Waals surface area (Å²) in [6.07, 6.45) is 0.653. The highest BCUT2D eigenvalue weighted by Crippen LogP contribution is 2.25. The lowest BCUT2D eigenvalue weighted by Crippen LogP contribution is -2.41. The van der Waals surface area contributed by atoms with Crippen molar-refractivity contribution in [1.82, 2.24) is 9.62 Å². The van der Waals surface area contributed by atoms with Crippen molar-refractivity contribution in [3.8, 4) is 0 Å². The third-order valence-corrected chi connectivity index (χ3v) is 7.55.